The van der Waals surface area contributed by atoms with Crippen molar-refractivity contribution in [3.63, 3.8) is 0 Å². The lowest BCUT2D eigenvalue weighted by atomic mass is 9.67. The quantitative estimate of drug-likeness (QED) is 0.132. The van der Waals surface area contributed by atoms with Gasteiger partial charge in [0.2, 0.25) is 0 Å². The summed E-state index contributed by atoms with van der Waals surface area (Å²) in [6.45, 7) is 0. The van der Waals surface area contributed by atoms with Gasteiger partial charge in [0.1, 0.15) is 11.0 Å². The number of fused-ring (bicyclic) bond motifs is 13. The van der Waals surface area contributed by atoms with Gasteiger partial charge in [0, 0.05) is 21.9 Å². The number of carboxylic acid groups (broad SMARTS) is 2. The lowest BCUT2D eigenvalue weighted by Gasteiger charge is -2.34. The van der Waals surface area contributed by atoms with Gasteiger partial charge in [-0.15, -0.1) is 11.3 Å². The molecule has 2 aliphatic carbocycles. The van der Waals surface area contributed by atoms with Gasteiger partial charge in [0.25, 0.3) is 0 Å². The first-order valence-corrected chi connectivity index (χ1v) is 30.6. The number of carboxylic acids is 2. The average molecular weight is 1160 g/mol. The fourth-order valence-electron chi connectivity index (χ4n) is 15.0. The van der Waals surface area contributed by atoms with Crippen LogP contribution in [0.1, 0.15) is 65.2 Å². The first-order valence-electron chi connectivity index (χ1n) is 29.8. The number of benzene rings is 13. The van der Waals surface area contributed by atoms with E-state index in [-0.39, 0.29) is 11.1 Å². The van der Waals surface area contributed by atoms with Crippen molar-refractivity contribution in [1.82, 2.24) is 9.97 Å². The Morgan fingerprint density at radius 3 is 0.966 bits per heavy atom. The van der Waals surface area contributed by atoms with Crippen LogP contribution in [0.2, 0.25) is 0 Å². The van der Waals surface area contributed by atoms with Crippen LogP contribution in [0.5, 0.6) is 0 Å². The standard InChI is InChI=1S/C82H50N2O4S/c85-79(86)51-39-35-49(36-40-51)53-43-45-59-65(47-53)66-48-54(50-37-41-52(42-38-50)80(87)88)44-46-60(66)74-73(59)83-75-76(84-74)78(64-30-18-34-70-72(64)62-28-14-16-32-68(62)82(70,57-23-9-3-10-24-57)58-25-11-4-12-26-58)89-77(75)63-29-17-33-69-71(63)61-27-13-15-31-67(61)81(69,55-19-5-1-6-20-55)56-21-7-2-8-22-56/h1-48H,(H,85,86)(H,87,88). The second kappa shape index (κ2) is 20.1. The number of hydrogen-bond donors (Lipinski definition) is 2. The second-order valence-corrected chi connectivity index (χ2v) is 24.2. The number of nitrogens with zero attached hydrogens (tertiary/aromatic N) is 2. The van der Waals surface area contributed by atoms with Crippen LogP contribution in [0.15, 0.2) is 291 Å². The van der Waals surface area contributed by atoms with Crippen molar-refractivity contribution < 1.29 is 19.8 Å². The molecule has 2 N–H and O–H groups in total. The maximum absolute atomic E-state index is 12.0. The van der Waals surface area contributed by atoms with Gasteiger partial charge in [-0.05, 0) is 136 Å². The third-order valence-corrected chi connectivity index (χ3v) is 20.0. The Kier molecular flexibility index (Phi) is 11.7. The highest BCUT2D eigenvalue weighted by atomic mass is 32.1. The van der Waals surface area contributed by atoms with Crippen molar-refractivity contribution in [2.24, 2.45) is 0 Å². The Morgan fingerprint density at radius 1 is 0.292 bits per heavy atom. The first kappa shape index (κ1) is 52.0. The van der Waals surface area contributed by atoms with Gasteiger partial charge >= 0.3 is 11.9 Å². The van der Waals surface area contributed by atoms with E-state index in [1.807, 2.05) is 24.3 Å². The molecule has 0 aliphatic heterocycles. The number of aromatic nitrogens is 2. The minimum absolute atomic E-state index is 0.213. The van der Waals surface area contributed by atoms with Gasteiger partial charge in [0.15, 0.2) is 0 Å². The van der Waals surface area contributed by atoms with E-state index in [9.17, 15) is 19.8 Å². The third-order valence-electron chi connectivity index (χ3n) is 18.8. The number of aromatic carboxylic acids is 2. The molecule has 0 spiro atoms. The van der Waals surface area contributed by atoms with Gasteiger partial charge < -0.3 is 10.2 Å². The van der Waals surface area contributed by atoms with Crippen molar-refractivity contribution in [2.75, 3.05) is 0 Å². The average Bonchev–Trinajstić information content (AvgIpc) is 1.99. The molecule has 0 bridgehead atoms. The Hall–Kier alpha value is -11.4. The fraction of sp³-hybridized carbons (Fsp3) is 0.0244. The topological polar surface area (TPSA) is 100 Å². The van der Waals surface area contributed by atoms with Crippen molar-refractivity contribution >= 4 is 66.9 Å². The highest BCUT2D eigenvalue weighted by molar-refractivity contribution is 7.21. The zero-order chi connectivity index (χ0) is 59.5. The van der Waals surface area contributed by atoms with E-state index in [0.717, 1.165) is 97.9 Å². The second-order valence-electron chi connectivity index (χ2n) is 23.2. The largest absolute Gasteiger partial charge is 0.478 e. The van der Waals surface area contributed by atoms with Crippen molar-refractivity contribution in [3.8, 4) is 65.4 Å². The van der Waals surface area contributed by atoms with Crippen LogP contribution >= 0.6 is 11.3 Å². The summed E-state index contributed by atoms with van der Waals surface area (Å²) < 4.78 is 0. The van der Waals surface area contributed by atoms with E-state index in [0.29, 0.717) is 0 Å². The molecule has 7 heteroatoms. The SMILES string of the molecule is O=C(O)c1ccc(-c2ccc3c(c2)c2cc(-c4ccc(C(=O)O)cc4)ccc2c2nc4c(-c5cccc6c5-c5ccccc5C6(c5ccccc5)c5ccccc5)sc(-c5cccc6c5-c5ccccc5C6(c5ccccc5)c5ccccc5)c4nc32)cc1. The van der Waals surface area contributed by atoms with Crippen molar-refractivity contribution in [3.05, 3.63) is 347 Å². The van der Waals surface area contributed by atoms with Gasteiger partial charge in [-0.25, -0.2) is 19.6 Å². The highest BCUT2D eigenvalue weighted by Gasteiger charge is 2.49. The molecule has 0 saturated heterocycles. The van der Waals surface area contributed by atoms with E-state index >= 15 is 0 Å². The van der Waals surface area contributed by atoms with E-state index in [2.05, 4.69) is 243 Å². The molecule has 89 heavy (non-hydrogen) atoms. The summed E-state index contributed by atoms with van der Waals surface area (Å²) in [6.07, 6.45) is 0. The maximum atomic E-state index is 12.0. The third kappa shape index (κ3) is 7.62. The van der Waals surface area contributed by atoms with Crippen LogP contribution in [0.4, 0.5) is 0 Å². The maximum Gasteiger partial charge on any atom is 0.335 e. The number of thiophene rings is 1. The minimum Gasteiger partial charge on any atom is -0.478 e. The van der Waals surface area contributed by atoms with Crippen LogP contribution in [0, 0.1) is 0 Å². The smallest absolute Gasteiger partial charge is 0.335 e. The van der Waals surface area contributed by atoms with Crippen molar-refractivity contribution in [1.29, 1.82) is 0 Å². The number of carbonyl (C=O) groups is 2. The molecule has 2 aromatic heterocycles. The van der Waals surface area contributed by atoms with Crippen LogP contribution < -0.4 is 0 Å². The fourth-order valence-corrected chi connectivity index (χ4v) is 16.2. The summed E-state index contributed by atoms with van der Waals surface area (Å²) in [7, 11) is 0. The molecule has 418 valence electrons. The predicted molar refractivity (Wildman–Crippen MR) is 360 cm³/mol. The van der Waals surface area contributed by atoms with Crippen LogP contribution in [0.25, 0.3) is 109 Å². The first-order chi connectivity index (χ1) is 43.8. The Labute approximate surface area is 516 Å². The van der Waals surface area contributed by atoms with E-state index in [1.54, 1.807) is 35.6 Å². The highest BCUT2D eigenvalue weighted by Crippen LogP contribution is 2.62. The molecule has 2 heterocycles. The predicted octanol–water partition coefficient (Wildman–Crippen LogP) is 19.9. The number of rotatable bonds is 10. The Bertz CT molecular complexity index is 5000. The summed E-state index contributed by atoms with van der Waals surface area (Å²) in [4.78, 5) is 38.2. The molecule has 0 amide bonds. The molecule has 0 radical (unpaired) electrons. The summed E-state index contributed by atoms with van der Waals surface area (Å²) in [5, 5.41) is 23.4. The normalized spacial score (nSPS) is 13.3. The lowest BCUT2D eigenvalue weighted by Crippen LogP contribution is -2.28. The molecular formula is C82H50N2O4S. The van der Waals surface area contributed by atoms with Crippen LogP contribution in [0.3, 0.4) is 0 Å². The lowest BCUT2D eigenvalue weighted by molar-refractivity contribution is 0.0686. The van der Waals surface area contributed by atoms with Gasteiger partial charge in [-0.3, -0.25) is 0 Å². The van der Waals surface area contributed by atoms with Gasteiger partial charge in [0.05, 0.1) is 42.7 Å². The zero-order valence-corrected chi connectivity index (χ0v) is 48.5. The molecule has 6 nitrogen and oxygen atoms in total. The molecule has 0 unspecified atom stereocenters. The minimum atomic E-state index is -0.984. The molecule has 0 saturated carbocycles. The van der Waals surface area contributed by atoms with Crippen LogP contribution in [-0.4, -0.2) is 32.1 Å². The molecule has 0 atom stereocenters. The zero-order valence-electron chi connectivity index (χ0n) is 47.7. The number of hydrogen-bond acceptors (Lipinski definition) is 5. The van der Waals surface area contributed by atoms with E-state index in [1.165, 1.54) is 55.6 Å². The molecule has 13 aromatic carbocycles. The van der Waals surface area contributed by atoms with E-state index < -0.39 is 22.8 Å². The van der Waals surface area contributed by atoms with Crippen molar-refractivity contribution in [2.45, 2.75) is 10.8 Å². The molecule has 17 rings (SSSR count). The van der Waals surface area contributed by atoms with E-state index in [4.69, 9.17) is 9.97 Å². The summed E-state index contributed by atoms with van der Waals surface area (Å²) in [5.41, 5.74) is 22.2. The Balaban J connectivity index is 1.000. The molecule has 0 fully saturated rings. The molecule has 15 aromatic rings. The summed E-state index contributed by atoms with van der Waals surface area (Å²) >= 11 is 1.76. The molecule has 2 aliphatic rings. The molecular weight excluding hydrogens is 1110 g/mol. The van der Waals surface area contributed by atoms with Crippen LogP contribution in [-0.2, 0) is 10.8 Å². The van der Waals surface area contributed by atoms with Gasteiger partial charge in [-0.2, -0.15) is 0 Å². The summed E-state index contributed by atoms with van der Waals surface area (Å²) in [6, 6.07) is 102. The van der Waals surface area contributed by atoms with Gasteiger partial charge in [-0.1, -0.05) is 255 Å². The monoisotopic (exact) mass is 1160 g/mol. The Morgan fingerprint density at radius 2 is 0.607 bits per heavy atom. The summed E-state index contributed by atoms with van der Waals surface area (Å²) in [5.74, 6) is -1.97.